The second-order valence-corrected chi connectivity index (χ2v) is 5.44. The van der Waals surface area contributed by atoms with Crippen LogP contribution in [0.25, 0.3) is 0 Å². The number of rotatable bonds is 3. The van der Waals surface area contributed by atoms with Gasteiger partial charge in [-0.3, -0.25) is 4.90 Å². The smallest absolute Gasteiger partial charge is 0.146 e. The Morgan fingerprint density at radius 3 is 3.00 bits per heavy atom. The maximum Gasteiger partial charge on any atom is 0.146 e. The Hall–Kier alpha value is -0.640. The third-order valence-corrected chi connectivity index (χ3v) is 4.07. The van der Waals surface area contributed by atoms with Crippen molar-refractivity contribution in [3.05, 3.63) is 34.6 Å². The van der Waals surface area contributed by atoms with Crippen LogP contribution in [-0.4, -0.2) is 32.1 Å². The van der Waals surface area contributed by atoms with Crippen LogP contribution in [0.5, 0.6) is 0 Å². The van der Waals surface area contributed by atoms with Crippen LogP contribution < -0.4 is 5.32 Å². The van der Waals surface area contributed by atoms with E-state index in [0.29, 0.717) is 5.92 Å². The highest BCUT2D eigenvalue weighted by molar-refractivity contribution is 6.30. The molecule has 0 aliphatic carbocycles. The summed E-state index contributed by atoms with van der Waals surface area (Å²) in [4.78, 5) is 2.24. The highest BCUT2D eigenvalue weighted by atomic mass is 35.5. The number of hydrogen-bond donors (Lipinski definition) is 1. The van der Waals surface area contributed by atoms with Gasteiger partial charge >= 0.3 is 0 Å². The van der Waals surface area contributed by atoms with E-state index in [0.717, 1.165) is 25.1 Å². The quantitative estimate of drug-likeness (QED) is 0.908. The lowest BCUT2D eigenvalue weighted by atomic mass is 9.84. The van der Waals surface area contributed by atoms with Gasteiger partial charge in [-0.25, -0.2) is 4.39 Å². The van der Waals surface area contributed by atoms with Crippen LogP contribution in [0.15, 0.2) is 18.2 Å². The van der Waals surface area contributed by atoms with E-state index in [1.807, 2.05) is 19.2 Å². The average molecular weight is 271 g/mol. The van der Waals surface area contributed by atoms with E-state index >= 15 is 0 Å². The molecule has 4 heteroatoms. The van der Waals surface area contributed by atoms with E-state index < -0.39 is 0 Å². The van der Waals surface area contributed by atoms with Crippen molar-refractivity contribution in [3.63, 3.8) is 0 Å². The molecule has 1 fully saturated rings. The Bertz CT molecular complexity index is 409. The molecule has 1 aromatic carbocycles. The van der Waals surface area contributed by atoms with Crippen LogP contribution in [0.2, 0.25) is 5.02 Å². The second kappa shape index (κ2) is 6.00. The van der Waals surface area contributed by atoms with Crippen molar-refractivity contribution in [1.29, 1.82) is 0 Å². The summed E-state index contributed by atoms with van der Waals surface area (Å²) in [6.45, 7) is 1.91. The first-order valence-electron chi connectivity index (χ1n) is 6.44. The average Bonchev–Trinajstić information content (AvgIpc) is 2.34. The lowest BCUT2D eigenvalue weighted by Crippen LogP contribution is -2.40. The molecule has 0 amide bonds. The number of likely N-dealkylation sites (tertiary alicyclic amines) is 1. The fourth-order valence-electron chi connectivity index (χ4n) is 2.98. The fourth-order valence-corrected chi connectivity index (χ4v) is 3.16. The number of benzene rings is 1. The topological polar surface area (TPSA) is 15.3 Å². The van der Waals surface area contributed by atoms with Gasteiger partial charge in [-0.15, -0.1) is 0 Å². The molecule has 1 saturated heterocycles. The van der Waals surface area contributed by atoms with Gasteiger partial charge in [0.1, 0.15) is 5.82 Å². The molecular formula is C14H20ClFN2. The largest absolute Gasteiger partial charge is 0.319 e. The van der Waals surface area contributed by atoms with Gasteiger partial charge in [0.2, 0.25) is 0 Å². The van der Waals surface area contributed by atoms with Crippen molar-refractivity contribution in [2.24, 2.45) is 5.92 Å². The van der Waals surface area contributed by atoms with Crippen molar-refractivity contribution in [2.45, 2.75) is 18.9 Å². The first-order chi connectivity index (χ1) is 8.65. The number of halogens is 2. The predicted molar refractivity (Wildman–Crippen MR) is 73.4 cm³/mol. The zero-order chi connectivity index (χ0) is 13.1. The van der Waals surface area contributed by atoms with Crippen LogP contribution >= 0.6 is 11.6 Å². The molecule has 1 aliphatic rings. The van der Waals surface area contributed by atoms with E-state index in [4.69, 9.17) is 11.6 Å². The molecule has 0 saturated carbocycles. The maximum absolute atomic E-state index is 14.2. The second-order valence-electron chi connectivity index (χ2n) is 5.03. The minimum absolute atomic E-state index is 0.116. The third kappa shape index (κ3) is 2.68. The molecule has 1 aliphatic heterocycles. The summed E-state index contributed by atoms with van der Waals surface area (Å²) in [6, 6.07) is 5.41. The summed E-state index contributed by atoms with van der Waals surface area (Å²) >= 11 is 5.90. The molecule has 2 rings (SSSR count). The summed E-state index contributed by atoms with van der Waals surface area (Å²) < 4.78 is 14.2. The zero-order valence-corrected chi connectivity index (χ0v) is 11.7. The van der Waals surface area contributed by atoms with Gasteiger partial charge in [0.15, 0.2) is 0 Å². The number of piperidine rings is 1. The Labute approximate surface area is 113 Å². The summed E-state index contributed by atoms with van der Waals surface area (Å²) in [5, 5.41) is 3.43. The highest BCUT2D eigenvalue weighted by Crippen LogP contribution is 2.37. The molecule has 2 nitrogen and oxygen atoms in total. The van der Waals surface area contributed by atoms with Crippen molar-refractivity contribution >= 4 is 11.6 Å². The van der Waals surface area contributed by atoms with Crippen LogP contribution in [-0.2, 0) is 0 Å². The molecule has 0 radical (unpaired) electrons. The van der Waals surface area contributed by atoms with Gasteiger partial charge in [0.25, 0.3) is 0 Å². The Morgan fingerprint density at radius 2 is 2.28 bits per heavy atom. The molecule has 1 aromatic rings. The van der Waals surface area contributed by atoms with Gasteiger partial charge in [-0.1, -0.05) is 23.7 Å². The zero-order valence-electron chi connectivity index (χ0n) is 10.9. The molecule has 18 heavy (non-hydrogen) atoms. The Balaban J connectivity index is 2.34. The summed E-state index contributed by atoms with van der Waals surface area (Å²) in [6.07, 6.45) is 2.29. The monoisotopic (exact) mass is 270 g/mol. The molecule has 0 aromatic heterocycles. The van der Waals surface area contributed by atoms with Crippen LogP contribution in [0.3, 0.4) is 0 Å². The van der Waals surface area contributed by atoms with Gasteiger partial charge in [0.05, 0.1) is 5.02 Å². The number of hydrogen-bond acceptors (Lipinski definition) is 2. The first-order valence-corrected chi connectivity index (χ1v) is 6.81. The fraction of sp³-hybridized carbons (Fsp3) is 0.571. The Morgan fingerprint density at radius 1 is 1.50 bits per heavy atom. The molecule has 0 spiro atoms. The standard InChI is InChI=1S/C14H20ClFN2/c1-17-9-10-5-4-8-18(2)14(10)11-6-3-7-12(15)13(11)16/h3,6-7,10,14,17H,4-5,8-9H2,1-2H3. The van der Waals surface area contributed by atoms with Gasteiger partial charge in [-0.2, -0.15) is 0 Å². The van der Waals surface area contributed by atoms with E-state index in [1.165, 1.54) is 6.42 Å². The highest BCUT2D eigenvalue weighted by Gasteiger charge is 2.32. The summed E-state index contributed by atoms with van der Waals surface area (Å²) in [7, 11) is 4.01. The minimum Gasteiger partial charge on any atom is -0.319 e. The van der Waals surface area contributed by atoms with Crippen molar-refractivity contribution in [1.82, 2.24) is 10.2 Å². The summed E-state index contributed by atoms with van der Waals surface area (Å²) in [5.41, 5.74) is 0.727. The maximum atomic E-state index is 14.2. The van der Waals surface area contributed by atoms with Crippen molar-refractivity contribution < 1.29 is 4.39 Å². The van der Waals surface area contributed by atoms with Crippen LogP contribution in [0.4, 0.5) is 4.39 Å². The lowest BCUT2D eigenvalue weighted by molar-refractivity contribution is 0.118. The molecule has 1 N–H and O–H groups in total. The lowest BCUT2D eigenvalue weighted by Gasteiger charge is -2.39. The van der Waals surface area contributed by atoms with Crippen molar-refractivity contribution in [2.75, 3.05) is 27.2 Å². The van der Waals surface area contributed by atoms with E-state index in [1.54, 1.807) is 6.07 Å². The number of nitrogens with one attached hydrogen (secondary N) is 1. The van der Waals surface area contributed by atoms with E-state index in [-0.39, 0.29) is 16.9 Å². The molecule has 2 unspecified atom stereocenters. The third-order valence-electron chi connectivity index (χ3n) is 3.77. The first kappa shape index (κ1) is 13.8. The molecule has 2 atom stereocenters. The normalized spacial score (nSPS) is 25.3. The molecule has 100 valence electrons. The SMILES string of the molecule is CNCC1CCCN(C)C1c1cccc(Cl)c1F. The van der Waals surface area contributed by atoms with Crippen LogP contribution in [0, 0.1) is 11.7 Å². The van der Waals surface area contributed by atoms with Gasteiger partial charge in [-0.05, 0) is 52.0 Å². The minimum atomic E-state index is -0.265. The van der Waals surface area contributed by atoms with E-state index in [2.05, 4.69) is 17.3 Å². The van der Waals surface area contributed by atoms with Crippen molar-refractivity contribution in [3.8, 4) is 0 Å². The molecular weight excluding hydrogens is 251 g/mol. The predicted octanol–water partition coefficient (Wildman–Crippen LogP) is 3.08. The van der Waals surface area contributed by atoms with Gasteiger partial charge < -0.3 is 5.32 Å². The van der Waals surface area contributed by atoms with Crippen LogP contribution in [0.1, 0.15) is 24.4 Å². The Kier molecular flexibility index (Phi) is 4.60. The number of nitrogens with zero attached hydrogens (tertiary/aromatic N) is 1. The molecule has 0 bridgehead atoms. The van der Waals surface area contributed by atoms with Gasteiger partial charge in [0, 0.05) is 11.6 Å². The summed E-state index contributed by atoms with van der Waals surface area (Å²) in [5.74, 6) is 0.167. The molecule has 1 heterocycles. The van der Waals surface area contributed by atoms with E-state index in [9.17, 15) is 4.39 Å².